The third-order valence-electron chi connectivity index (χ3n) is 6.49. The van der Waals surface area contributed by atoms with Gasteiger partial charge in [0, 0.05) is 23.4 Å². The molecule has 3 aliphatic rings. The Hall–Kier alpha value is -0.280. The van der Waals surface area contributed by atoms with E-state index in [1.807, 2.05) is 0 Å². The Labute approximate surface area is 165 Å². The molecule has 1 spiro atoms. The first kappa shape index (κ1) is 19.5. The molecule has 2 atom stereocenters. The van der Waals surface area contributed by atoms with Gasteiger partial charge in [-0.1, -0.05) is 49.4 Å². The molecule has 0 radical (unpaired) electrons. The summed E-state index contributed by atoms with van der Waals surface area (Å²) in [6.45, 7) is 4.69. The van der Waals surface area contributed by atoms with Crippen LogP contribution >= 0.6 is 11.6 Å². The molecule has 1 aromatic rings. The molecule has 0 bridgehead atoms. The summed E-state index contributed by atoms with van der Waals surface area (Å²) in [5.74, 6) is 1.17. The van der Waals surface area contributed by atoms with E-state index in [9.17, 15) is 0 Å². The number of hydrogen-bond acceptors (Lipinski definition) is 2. The molecule has 2 saturated heterocycles. The Bertz CT molecular complexity index is 541. The van der Waals surface area contributed by atoms with Gasteiger partial charge in [0.05, 0.1) is 12.2 Å². The highest BCUT2D eigenvalue weighted by Gasteiger charge is 2.50. The van der Waals surface area contributed by atoms with Gasteiger partial charge in [-0.15, -0.1) is 0 Å². The minimum Gasteiger partial charge on any atom is -1.00 e. The summed E-state index contributed by atoms with van der Waals surface area (Å²) < 4.78 is 6.57. The Morgan fingerprint density at radius 3 is 2.32 bits per heavy atom. The minimum atomic E-state index is 0. The van der Waals surface area contributed by atoms with Gasteiger partial charge in [0.2, 0.25) is 0 Å². The molecule has 4 heteroatoms. The molecule has 0 aromatic heterocycles. The number of benzene rings is 1. The van der Waals surface area contributed by atoms with Crippen LogP contribution in [0.2, 0.25) is 5.02 Å². The first-order valence-corrected chi connectivity index (χ1v) is 10.3. The van der Waals surface area contributed by atoms with Crippen molar-refractivity contribution in [1.82, 2.24) is 4.90 Å². The van der Waals surface area contributed by atoms with Gasteiger partial charge in [0.15, 0.2) is 0 Å². The molecule has 2 nitrogen and oxygen atoms in total. The molecular formula is C21H31Cl2NO. The van der Waals surface area contributed by atoms with Crippen molar-refractivity contribution in [3.63, 3.8) is 0 Å². The molecule has 1 aliphatic carbocycles. The number of nitrogens with zero attached hydrogens (tertiary/aromatic N) is 1. The zero-order valence-corrected chi connectivity index (χ0v) is 16.6. The number of likely N-dealkylation sites (tertiary alicyclic amines) is 1. The summed E-state index contributed by atoms with van der Waals surface area (Å²) in [7, 11) is 0. The van der Waals surface area contributed by atoms with Crippen LogP contribution in [-0.2, 0) is 4.74 Å². The fourth-order valence-corrected chi connectivity index (χ4v) is 5.50. The number of piperidine rings is 1. The SMILES string of the molecule is Clc1ccc(C2C(CN3CCCCC3)COC23CCCCC3)cc1.[Cl-].[H+]. The molecular weight excluding hydrogens is 353 g/mol. The zero-order valence-electron chi connectivity index (χ0n) is 16.1. The van der Waals surface area contributed by atoms with Gasteiger partial charge in [0.25, 0.3) is 0 Å². The standard InChI is InChI=1S/C21H30ClNO.ClH/c22-19-9-7-17(8-10-19)20-18(15-23-13-5-2-6-14-23)16-24-21(20)11-3-1-4-12-21;/h7-10,18,20H,1-6,11-16H2;1H. The predicted octanol–water partition coefficient (Wildman–Crippen LogP) is 2.38. The van der Waals surface area contributed by atoms with Crippen LogP contribution in [0, 0.1) is 5.92 Å². The van der Waals surface area contributed by atoms with Gasteiger partial charge in [-0.2, -0.15) is 0 Å². The number of ether oxygens (including phenoxy) is 1. The lowest BCUT2D eigenvalue weighted by Gasteiger charge is -2.40. The quantitative estimate of drug-likeness (QED) is 0.794. The second-order valence-electron chi connectivity index (χ2n) is 8.09. The normalized spacial score (nSPS) is 29.5. The van der Waals surface area contributed by atoms with Crippen molar-refractivity contribution < 1.29 is 18.6 Å². The second-order valence-corrected chi connectivity index (χ2v) is 8.52. The summed E-state index contributed by atoms with van der Waals surface area (Å²) in [6.07, 6.45) is 10.6. The first-order valence-electron chi connectivity index (χ1n) is 9.89. The van der Waals surface area contributed by atoms with E-state index in [-0.39, 0.29) is 19.4 Å². The Balaban J connectivity index is 0.00000121. The zero-order chi connectivity index (χ0) is 16.4. The Kier molecular flexibility index (Phi) is 6.71. The summed E-state index contributed by atoms with van der Waals surface area (Å²) in [4.78, 5) is 2.68. The van der Waals surface area contributed by atoms with Crippen molar-refractivity contribution in [3.05, 3.63) is 34.9 Å². The highest BCUT2D eigenvalue weighted by Crippen LogP contribution is 2.51. The largest absolute Gasteiger partial charge is 1.00 e. The average Bonchev–Trinajstić information content (AvgIpc) is 2.95. The van der Waals surface area contributed by atoms with Crippen LogP contribution in [0.25, 0.3) is 0 Å². The monoisotopic (exact) mass is 383 g/mol. The molecule has 1 saturated carbocycles. The van der Waals surface area contributed by atoms with Crippen LogP contribution in [0.1, 0.15) is 64.3 Å². The lowest BCUT2D eigenvalue weighted by Crippen LogP contribution is -3.00. The molecule has 0 N–H and O–H groups in total. The summed E-state index contributed by atoms with van der Waals surface area (Å²) in [6, 6.07) is 8.62. The number of halogens is 2. The molecule has 0 amide bonds. The van der Waals surface area contributed by atoms with Crippen LogP contribution in [0.5, 0.6) is 0 Å². The third kappa shape index (κ3) is 4.18. The minimum absolute atomic E-state index is 0. The maximum Gasteiger partial charge on any atom is 1.00 e. The van der Waals surface area contributed by atoms with E-state index in [2.05, 4.69) is 29.2 Å². The Morgan fingerprint density at radius 2 is 1.64 bits per heavy atom. The molecule has 2 aliphatic heterocycles. The number of rotatable bonds is 3. The lowest BCUT2D eigenvalue weighted by atomic mass is 9.69. The van der Waals surface area contributed by atoms with Crippen molar-refractivity contribution in [2.24, 2.45) is 5.92 Å². The fraction of sp³-hybridized carbons (Fsp3) is 0.714. The molecule has 2 heterocycles. The van der Waals surface area contributed by atoms with Gasteiger partial charge < -0.3 is 22.0 Å². The van der Waals surface area contributed by atoms with Crippen molar-refractivity contribution >= 4 is 11.6 Å². The average molecular weight is 384 g/mol. The molecule has 4 rings (SSSR count). The van der Waals surface area contributed by atoms with E-state index < -0.39 is 0 Å². The summed E-state index contributed by atoms with van der Waals surface area (Å²) >= 11 is 6.15. The van der Waals surface area contributed by atoms with E-state index in [4.69, 9.17) is 16.3 Å². The predicted molar refractivity (Wildman–Crippen MR) is 101 cm³/mol. The lowest BCUT2D eigenvalue weighted by molar-refractivity contribution is -0.0342. The summed E-state index contributed by atoms with van der Waals surface area (Å²) in [5, 5.41) is 0.836. The van der Waals surface area contributed by atoms with E-state index in [1.54, 1.807) is 0 Å². The van der Waals surface area contributed by atoms with Crippen LogP contribution in [-0.4, -0.2) is 36.7 Å². The maximum atomic E-state index is 6.57. The van der Waals surface area contributed by atoms with Gasteiger partial charge >= 0.3 is 1.43 Å². The summed E-state index contributed by atoms with van der Waals surface area (Å²) in [5.41, 5.74) is 1.54. The van der Waals surface area contributed by atoms with E-state index in [0.29, 0.717) is 11.8 Å². The second kappa shape index (κ2) is 8.61. The molecule has 3 fully saturated rings. The Morgan fingerprint density at radius 1 is 1.00 bits per heavy atom. The van der Waals surface area contributed by atoms with Gasteiger partial charge in [-0.3, -0.25) is 0 Å². The maximum absolute atomic E-state index is 6.57. The van der Waals surface area contributed by atoms with E-state index in [1.165, 1.54) is 76.6 Å². The highest BCUT2D eigenvalue weighted by atomic mass is 35.5. The van der Waals surface area contributed by atoms with Crippen molar-refractivity contribution in [3.8, 4) is 0 Å². The third-order valence-corrected chi connectivity index (χ3v) is 6.75. The van der Waals surface area contributed by atoms with Crippen molar-refractivity contribution in [1.29, 1.82) is 0 Å². The van der Waals surface area contributed by atoms with Crippen LogP contribution < -0.4 is 12.4 Å². The molecule has 140 valence electrons. The first-order chi connectivity index (χ1) is 11.8. The van der Waals surface area contributed by atoms with Crippen LogP contribution in [0.3, 0.4) is 0 Å². The van der Waals surface area contributed by atoms with Crippen molar-refractivity contribution in [2.75, 3.05) is 26.2 Å². The highest BCUT2D eigenvalue weighted by molar-refractivity contribution is 6.30. The topological polar surface area (TPSA) is 12.5 Å². The molecule has 1 aromatic carbocycles. The van der Waals surface area contributed by atoms with Gasteiger partial charge in [0.1, 0.15) is 0 Å². The van der Waals surface area contributed by atoms with Crippen LogP contribution in [0.4, 0.5) is 0 Å². The van der Waals surface area contributed by atoms with Crippen molar-refractivity contribution in [2.45, 2.75) is 62.9 Å². The van der Waals surface area contributed by atoms with Gasteiger partial charge in [-0.25, -0.2) is 0 Å². The fourth-order valence-electron chi connectivity index (χ4n) is 5.37. The molecule has 25 heavy (non-hydrogen) atoms. The van der Waals surface area contributed by atoms with Gasteiger partial charge in [-0.05, 0) is 56.5 Å². The molecule has 2 unspecified atom stereocenters. The smallest absolute Gasteiger partial charge is 1.00 e. The van der Waals surface area contributed by atoms with E-state index >= 15 is 0 Å². The van der Waals surface area contributed by atoms with Crippen LogP contribution in [0.15, 0.2) is 24.3 Å². The van der Waals surface area contributed by atoms with E-state index in [0.717, 1.165) is 11.6 Å². The number of hydrogen-bond donors (Lipinski definition) is 0.